The molecule has 0 unspecified atom stereocenters. The first-order valence-corrected chi connectivity index (χ1v) is 4.62. The zero-order valence-electron chi connectivity index (χ0n) is 8.73. The molecule has 0 fully saturated rings. The highest BCUT2D eigenvalue weighted by Crippen LogP contribution is 2.13. The Morgan fingerprint density at radius 2 is 2.19 bits per heavy atom. The molecule has 1 aromatic rings. The SMILES string of the molecule is [C-]#[N+]c1cccc(C(=O)N[C@@H](C)C(N)=O)c1. The van der Waals surface area contributed by atoms with Crippen LogP contribution in [0.3, 0.4) is 0 Å². The van der Waals surface area contributed by atoms with Crippen LogP contribution in [0.5, 0.6) is 0 Å². The van der Waals surface area contributed by atoms with Gasteiger partial charge in [0.1, 0.15) is 6.04 Å². The van der Waals surface area contributed by atoms with E-state index in [9.17, 15) is 9.59 Å². The molecule has 2 amide bonds. The Kier molecular flexibility index (Phi) is 3.62. The van der Waals surface area contributed by atoms with Crippen LogP contribution in [-0.4, -0.2) is 17.9 Å². The van der Waals surface area contributed by atoms with Gasteiger partial charge in [0, 0.05) is 5.56 Å². The molecule has 0 saturated carbocycles. The minimum absolute atomic E-state index is 0.335. The highest BCUT2D eigenvalue weighted by atomic mass is 16.2. The summed E-state index contributed by atoms with van der Waals surface area (Å²) in [6.07, 6.45) is 0. The van der Waals surface area contributed by atoms with Crippen LogP contribution in [0.25, 0.3) is 4.85 Å². The summed E-state index contributed by atoms with van der Waals surface area (Å²) in [5.74, 6) is -1.02. The fourth-order valence-electron chi connectivity index (χ4n) is 1.07. The van der Waals surface area contributed by atoms with Crippen LogP contribution in [0.4, 0.5) is 5.69 Å². The van der Waals surface area contributed by atoms with E-state index in [-0.39, 0.29) is 0 Å². The van der Waals surface area contributed by atoms with Crippen molar-refractivity contribution in [3.63, 3.8) is 0 Å². The topological polar surface area (TPSA) is 76.6 Å². The summed E-state index contributed by atoms with van der Waals surface area (Å²) in [4.78, 5) is 25.6. The lowest BCUT2D eigenvalue weighted by Crippen LogP contribution is -2.42. The summed E-state index contributed by atoms with van der Waals surface area (Å²) in [6.45, 7) is 8.31. The Morgan fingerprint density at radius 3 is 2.75 bits per heavy atom. The molecule has 1 atom stereocenters. The van der Waals surface area contributed by atoms with Gasteiger partial charge in [-0.05, 0) is 13.0 Å². The molecule has 3 N–H and O–H groups in total. The van der Waals surface area contributed by atoms with Crippen molar-refractivity contribution in [2.24, 2.45) is 5.73 Å². The maximum absolute atomic E-state index is 11.6. The molecule has 0 aliphatic heterocycles. The van der Waals surface area contributed by atoms with Crippen molar-refractivity contribution in [1.82, 2.24) is 5.32 Å². The molecule has 0 bridgehead atoms. The molecule has 0 spiro atoms. The molecular weight excluding hydrogens is 206 g/mol. The number of nitrogens with zero attached hydrogens (tertiary/aromatic N) is 1. The summed E-state index contributed by atoms with van der Waals surface area (Å²) in [6, 6.07) is 5.50. The van der Waals surface area contributed by atoms with Gasteiger partial charge < -0.3 is 11.1 Å². The largest absolute Gasteiger partial charge is 0.368 e. The predicted molar refractivity (Wildman–Crippen MR) is 58.8 cm³/mol. The molecule has 0 aromatic heterocycles. The third kappa shape index (κ3) is 2.82. The number of benzene rings is 1. The number of hydrogen-bond acceptors (Lipinski definition) is 2. The monoisotopic (exact) mass is 217 g/mol. The number of amides is 2. The summed E-state index contributed by atoms with van der Waals surface area (Å²) in [5.41, 5.74) is 5.73. The summed E-state index contributed by atoms with van der Waals surface area (Å²) >= 11 is 0. The van der Waals surface area contributed by atoms with Crippen LogP contribution in [-0.2, 0) is 4.79 Å². The third-order valence-electron chi connectivity index (χ3n) is 2.01. The lowest BCUT2D eigenvalue weighted by Gasteiger charge is -2.09. The Hall–Kier alpha value is -2.35. The van der Waals surface area contributed by atoms with E-state index < -0.39 is 17.9 Å². The van der Waals surface area contributed by atoms with E-state index in [0.29, 0.717) is 11.3 Å². The fraction of sp³-hybridized carbons (Fsp3) is 0.182. The van der Waals surface area contributed by atoms with Gasteiger partial charge in [0.15, 0.2) is 5.69 Å². The number of nitrogens with one attached hydrogen (secondary N) is 1. The molecule has 1 aromatic carbocycles. The zero-order chi connectivity index (χ0) is 12.1. The Morgan fingerprint density at radius 1 is 1.50 bits per heavy atom. The smallest absolute Gasteiger partial charge is 0.250 e. The minimum Gasteiger partial charge on any atom is -0.368 e. The predicted octanol–water partition coefficient (Wildman–Crippen LogP) is 0.841. The van der Waals surface area contributed by atoms with Gasteiger partial charge in [-0.15, -0.1) is 0 Å². The van der Waals surface area contributed by atoms with Crippen LogP contribution < -0.4 is 11.1 Å². The van der Waals surface area contributed by atoms with Crippen molar-refractivity contribution in [3.05, 3.63) is 41.2 Å². The summed E-state index contributed by atoms with van der Waals surface area (Å²) < 4.78 is 0. The van der Waals surface area contributed by atoms with E-state index in [4.69, 9.17) is 12.3 Å². The van der Waals surface area contributed by atoms with Gasteiger partial charge >= 0.3 is 0 Å². The Labute approximate surface area is 93.1 Å². The van der Waals surface area contributed by atoms with Crippen molar-refractivity contribution in [2.45, 2.75) is 13.0 Å². The van der Waals surface area contributed by atoms with E-state index in [0.717, 1.165) is 0 Å². The molecule has 1 rings (SSSR count). The molecule has 16 heavy (non-hydrogen) atoms. The van der Waals surface area contributed by atoms with Crippen LogP contribution in [0.15, 0.2) is 24.3 Å². The number of carbonyl (C=O) groups excluding carboxylic acids is 2. The maximum Gasteiger partial charge on any atom is 0.250 e. The molecule has 5 heteroatoms. The van der Waals surface area contributed by atoms with Gasteiger partial charge in [0.25, 0.3) is 5.91 Å². The second-order valence-electron chi connectivity index (χ2n) is 3.26. The highest BCUT2D eigenvalue weighted by molar-refractivity contribution is 5.97. The number of carbonyl (C=O) groups is 2. The quantitative estimate of drug-likeness (QED) is 0.736. The Balaban J connectivity index is 2.81. The first-order chi connectivity index (χ1) is 7.54. The number of hydrogen-bond donors (Lipinski definition) is 2. The van der Waals surface area contributed by atoms with Gasteiger partial charge in [-0.2, -0.15) is 0 Å². The van der Waals surface area contributed by atoms with Gasteiger partial charge in [-0.1, -0.05) is 18.2 Å². The number of primary amides is 1. The van der Waals surface area contributed by atoms with Crippen molar-refractivity contribution in [3.8, 4) is 0 Å². The molecule has 0 aliphatic rings. The second kappa shape index (κ2) is 4.94. The average Bonchev–Trinajstić information content (AvgIpc) is 2.28. The molecular formula is C11H11N3O2. The highest BCUT2D eigenvalue weighted by Gasteiger charge is 2.13. The molecule has 82 valence electrons. The molecule has 5 nitrogen and oxygen atoms in total. The van der Waals surface area contributed by atoms with E-state index in [2.05, 4.69) is 10.2 Å². The molecule has 0 radical (unpaired) electrons. The van der Waals surface area contributed by atoms with Crippen molar-refractivity contribution in [1.29, 1.82) is 0 Å². The van der Waals surface area contributed by atoms with E-state index in [1.165, 1.54) is 13.0 Å². The zero-order valence-corrected chi connectivity index (χ0v) is 8.73. The lowest BCUT2D eigenvalue weighted by atomic mass is 10.2. The number of nitrogens with two attached hydrogens (primary N) is 1. The van der Waals surface area contributed by atoms with E-state index in [1.807, 2.05) is 0 Å². The fourth-order valence-corrected chi connectivity index (χ4v) is 1.07. The molecule has 0 heterocycles. The van der Waals surface area contributed by atoms with Crippen LogP contribution >= 0.6 is 0 Å². The van der Waals surface area contributed by atoms with Crippen LogP contribution in [0, 0.1) is 6.57 Å². The molecule has 0 aliphatic carbocycles. The lowest BCUT2D eigenvalue weighted by molar-refractivity contribution is -0.119. The van der Waals surface area contributed by atoms with E-state index >= 15 is 0 Å². The van der Waals surface area contributed by atoms with Crippen LogP contribution in [0.1, 0.15) is 17.3 Å². The van der Waals surface area contributed by atoms with Gasteiger partial charge in [0.2, 0.25) is 5.91 Å². The maximum atomic E-state index is 11.6. The van der Waals surface area contributed by atoms with Crippen molar-refractivity contribution < 1.29 is 9.59 Å². The summed E-state index contributed by atoms with van der Waals surface area (Å²) in [7, 11) is 0. The number of rotatable bonds is 3. The second-order valence-corrected chi connectivity index (χ2v) is 3.26. The first kappa shape index (κ1) is 11.7. The van der Waals surface area contributed by atoms with E-state index in [1.54, 1.807) is 18.2 Å². The summed E-state index contributed by atoms with van der Waals surface area (Å²) in [5, 5.41) is 2.43. The Bertz CT molecular complexity index is 463. The average molecular weight is 217 g/mol. The molecule has 0 saturated heterocycles. The third-order valence-corrected chi connectivity index (χ3v) is 2.01. The first-order valence-electron chi connectivity index (χ1n) is 4.62. The minimum atomic E-state index is -0.732. The standard InChI is InChI=1S/C11H11N3O2/c1-7(10(12)15)14-11(16)8-4-3-5-9(6-8)13-2/h3-7H,1H3,(H2,12,15)(H,14,16)/t7-/m0/s1. The van der Waals surface area contributed by atoms with Gasteiger partial charge in [-0.3, -0.25) is 9.59 Å². The van der Waals surface area contributed by atoms with Crippen molar-refractivity contribution >= 4 is 17.5 Å². The van der Waals surface area contributed by atoms with Crippen molar-refractivity contribution in [2.75, 3.05) is 0 Å². The normalized spacial score (nSPS) is 11.2. The van der Waals surface area contributed by atoms with Crippen LogP contribution in [0.2, 0.25) is 0 Å². The van der Waals surface area contributed by atoms with Gasteiger partial charge in [-0.25, -0.2) is 4.85 Å². The van der Waals surface area contributed by atoms with Gasteiger partial charge in [0.05, 0.1) is 6.57 Å².